The molecule has 0 radical (unpaired) electrons. The zero-order valence-corrected chi connectivity index (χ0v) is 11.9. The zero-order chi connectivity index (χ0) is 14.0. The molecule has 1 amide bonds. The van der Waals surface area contributed by atoms with Crippen molar-refractivity contribution in [3.63, 3.8) is 0 Å². The first kappa shape index (κ1) is 13.6. The molecule has 0 fully saturated rings. The molecule has 4 heteroatoms. The summed E-state index contributed by atoms with van der Waals surface area (Å²) < 4.78 is 0. The van der Waals surface area contributed by atoms with Crippen LogP contribution in [0.4, 0.5) is 5.69 Å². The van der Waals surface area contributed by atoms with Crippen LogP contribution in [0.3, 0.4) is 0 Å². The van der Waals surface area contributed by atoms with Crippen LogP contribution in [0.1, 0.15) is 27.2 Å². The molecule has 0 aliphatic rings. The summed E-state index contributed by atoms with van der Waals surface area (Å²) in [5.74, 6) is -0.237. The van der Waals surface area contributed by atoms with Crippen molar-refractivity contribution >= 4 is 23.2 Å². The third-order valence-electron chi connectivity index (χ3n) is 2.84. The second-order valence-electron chi connectivity index (χ2n) is 4.57. The van der Waals surface area contributed by atoms with Crippen LogP contribution in [-0.2, 0) is 0 Å². The van der Waals surface area contributed by atoms with Crippen molar-refractivity contribution < 1.29 is 4.79 Å². The SMILES string of the molecule is Cc1ccc(NC(=O)c2c(C)cc(C)nc2Cl)cc1. The van der Waals surface area contributed by atoms with Gasteiger partial charge in [-0.2, -0.15) is 0 Å². The van der Waals surface area contributed by atoms with E-state index in [4.69, 9.17) is 11.6 Å². The maximum Gasteiger partial charge on any atom is 0.259 e. The van der Waals surface area contributed by atoms with Gasteiger partial charge in [-0.3, -0.25) is 4.79 Å². The number of aryl methyl sites for hydroxylation is 3. The highest BCUT2D eigenvalue weighted by atomic mass is 35.5. The molecule has 3 nitrogen and oxygen atoms in total. The van der Waals surface area contributed by atoms with Gasteiger partial charge in [-0.05, 0) is 44.5 Å². The Bertz CT molecular complexity index is 598. The van der Waals surface area contributed by atoms with Gasteiger partial charge in [0.15, 0.2) is 0 Å². The second kappa shape index (κ2) is 5.41. The smallest absolute Gasteiger partial charge is 0.259 e. The van der Waals surface area contributed by atoms with Crippen molar-refractivity contribution in [2.75, 3.05) is 5.32 Å². The average Bonchev–Trinajstić information content (AvgIpc) is 2.30. The summed E-state index contributed by atoms with van der Waals surface area (Å²) in [5.41, 5.74) is 3.93. The number of halogens is 1. The van der Waals surface area contributed by atoms with Gasteiger partial charge < -0.3 is 5.32 Å². The van der Waals surface area contributed by atoms with Crippen LogP contribution in [0.25, 0.3) is 0 Å². The molecule has 1 aromatic heterocycles. The standard InChI is InChI=1S/C15H15ClN2O/c1-9-4-6-12(7-5-9)18-15(19)13-10(2)8-11(3)17-14(13)16/h4-8H,1-3H3,(H,18,19). The van der Waals surface area contributed by atoms with Gasteiger partial charge in [-0.15, -0.1) is 0 Å². The highest BCUT2D eigenvalue weighted by molar-refractivity contribution is 6.33. The molecule has 19 heavy (non-hydrogen) atoms. The average molecular weight is 275 g/mol. The first-order chi connectivity index (χ1) is 8.97. The zero-order valence-electron chi connectivity index (χ0n) is 11.1. The Morgan fingerprint density at radius 1 is 1.16 bits per heavy atom. The Morgan fingerprint density at radius 2 is 1.79 bits per heavy atom. The van der Waals surface area contributed by atoms with E-state index in [9.17, 15) is 4.79 Å². The van der Waals surface area contributed by atoms with Gasteiger partial charge in [-0.1, -0.05) is 29.3 Å². The second-order valence-corrected chi connectivity index (χ2v) is 4.92. The summed E-state index contributed by atoms with van der Waals surface area (Å²) in [6, 6.07) is 9.45. The summed E-state index contributed by atoms with van der Waals surface area (Å²) >= 11 is 6.05. The van der Waals surface area contributed by atoms with Crippen LogP contribution < -0.4 is 5.32 Å². The lowest BCUT2D eigenvalue weighted by Gasteiger charge is -2.10. The van der Waals surface area contributed by atoms with Crippen molar-refractivity contribution in [2.45, 2.75) is 20.8 Å². The fraction of sp³-hybridized carbons (Fsp3) is 0.200. The molecule has 0 spiro atoms. The summed E-state index contributed by atoms with van der Waals surface area (Å²) in [4.78, 5) is 16.3. The molecule has 0 aliphatic heterocycles. The summed E-state index contributed by atoms with van der Waals surface area (Å²) in [6.45, 7) is 5.70. The highest BCUT2D eigenvalue weighted by Gasteiger charge is 2.15. The lowest BCUT2D eigenvalue weighted by atomic mass is 10.1. The summed E-state index contributed by atoms with van der Waals surface area (Å²) in [5, 5.41) is 3.06. The number of rotatable bonds is 2. The van der Waals surface area contributed by atoms with E-state index in [1.807, 2.05) is 51.1 Å². The molecule has 2 rings (SSSR count). The molecule has 0 saturated carbocycles. The highest BCUT2D eigenvalue weighted by Crippen LogP contribution is 2.20. The molecule has 0 aliphatic carbocycles. The molecular formula is C15H15ClN2O. The quantitative estimate of drug-likeness (QED) is 0.844. The summed E-state index contributed by atoms with van der Waals surface area (Å²) in [7, 11) is 0. The molecule has 1 heterocycles. The molecule has 2 aromatic rings. The van der Waals surface area contributed by atoms with Crippen molar-refractivity contribution in [1.29, 1.82) is 0 Å². The van der Waals surface area contributed by atoms with Crippen molar-refractivity contribution in [3.8, 4) is 0 Å². The van der Waals surface area contributed by atoms with Crippen LogP contribution in [-0.4, -0.2) is 10.9 Å². The van der Waals surface area contributed by atoms with Gasteiger partial charge in [0.1, 0.15) is 5.15 Å². The molecule has 98 valence electrons. The Morgan fingerprint density at radius 3 is 2.37 bits per heavy atom. The van der Waals surface area contributed by atoms with Crippen LogP contribution in [0.2, 0.25) is 5.15 Å². The van der Waals surface area contributed by atoms with Crippen molar-refractivity contribution in [2.24, 2.45) is 0 Å². The van der Waals surface area contributed by atoms with E-state index in [0.717, 1.165) is 22.5 Å². The number of aromatic nitrogens is 1. The van der Waals surface area contributed by atoms with Gasteiger partial charge in [-0.25, -0.2) is 4.98 Å². The predicted octanol–water partition coefficient (Wildman–Crippen LogP) is 3.91. The number of nitrogens with one attached hydrogen (secondary N) is 1. The van der Waals surface area contributed by atoms with Gasteiger partial charge in [0, 0.05) is 11.4 Å². The van der Waals surface area contributed by atoms with Crippen LogP contribution in [0.15, 0.2) is 30.3 Å². The minimum Gasteiger partial charge on any atom is -0.322 e. The molecular weight excluding hydrogens is 260 g/mol. The Kier molecular flexibility index (Phi) is 3.86. The largest absolute Gasteiger partial charge is 0.322 e. The first-order valence-electron chi connectivity index (χ1n) is 5.99. The number of hydrogen-bond donors (Lipinski definition) is 1. The Labute approximate surface area is 117 Å². The topological polar surface area (TPSA) is 42.0 Å². The Balaban J connectivity index is 2.28. The van der Waals surface area contributed by atoms with Gasteiger partial charge in [0.05, 0.1) is 5.56 Å². The number of nitrogens with zero attached hydrogens (tertiary/aromatic N) is 1. The normalized spacial score (nSPS) is 10.3. The molecule has 0 atom stereocenters. The molecule has 0 saturated heterocycles. The fourth-order valence-electron chi connectivity index (χ4n) is 1.89. The minimum atomic E-state index is -0.237. The van der Waals surface area contributed by atoms with Crippen LogP contribution >= 0.6 is 11.6 Å². The van der Waals surface area contributed by atoms with E-state index < -0.39 is 0 Å². The number of pyridine rings is 1. The van der Waals surface area contributed by atoms with E-state index in [0.29, 0.717) is 5.56 Å². The number of carbonyl (C=O) groups is 1. The molecule has 0 unspecified atom stereocenters. The number of carbonyl (C=O) groups excluding carboxylic acids is 1. The lowest BCUT2D eigenvalue weighted by Crippen LogP contribution is -2.15. The molecule has 1 aromatic carbocycles. The number of anilines is 1. The molecule has 0 bridgehead atoms. The van der Waals surface area contributed by atoms with Gasteiger partial charge in [0.25, 0.3) is 5.91 Å². The third-order valence-corrected chi connectivity index (χ3v) is 3.11. The van der Waals surface area contributed by atoms with Crippen LogP contribution in [0.5, 0.6) is 0 Å². The van der Waals surface area contributed by atoms with E-state index >= 15 is 0 Å². The maximum atomic E-state index is 12.2. The molecule has 1 N–H and O–H groups in total. The van der Waals surface area contributed by atoms with Gasteiger partial charge >= 0.3 is 0 Å². The monoisotopic (exact) mass is 274 g/mol. The van der Waals surface area contributed by atoms with Crippen LogP contribution in [0, 0.1) is 20.8 Å². The van der Waals surface area contributed by atoms with E-state index in [-0.39, 0.29) is 11.1 Å². The Hall–Kier alpha value is -1.87. The summed E-state index contributed by atoms with van der Waals surface area (Å²) in [6.07, 6.45) is 0. The van der Waals surface area contributed by atoms with Crippen molar-refractivity contribution in [1.82, 2.24) is 4.98 Å². The van der Waals surface area contributed by atoms with Gasteiger partial charge in [0.2, 0.25) is 0 Å². The number of hydrogen-bond acceptors (Lipinski definition) is 2. The van der Waals surface area contributed by atoms with E-state index in [1.165, 1.54) is 0 Å². The fourth-order valence-corrected chi connectivity index (χ4v) is 2.26. The van der Waals surface area contributed by atoms with E-state index in [1.54, 1.807) is 0 Å². The van der Waals surface area contributed by atoms with Crippen molar-refractivity contribution in [3.05, 3.63) is 57.9 Å². The third kappa shape index (κ3) is 3.12. The lowest BCUT2D eigenvalue weighted by molar-refractivity contribution is 0.102. The number of benzene rings is 1. The minimum absolute atomic E-state index is 0.237. The number of amides is 1. The first-order valence-corrected chi connectivity index (χ1v) is 6.37. The van der Waals surface area contributed by atoms with E-state index in [2.05, 4.69) is 10.3 Å². The predicted molar refractivity (Wildman–Crippen MR) is 77.9 cm³/mol. The maximum absolute atomic E-state index is 12.2.